The molecule has 2 fully saturated rings. The minimum Gasteiger partial charge on any atom is -0.207 e. The van der Waals surface area contributed by atoms with Crippen molar-refractivity contribution in [2.24, 2.45) is 17.8 Å². The van der Waals surface area contributed by atoms with E-state index < -0.39 is 11.6 Å². The molecule has 2 aliphatic carbocycles. The molecule has 2 aliphatic rings. The Bertz CT molecular complexity index is 900. The van der Waals surface area contributed by atoms with E-state index in [0.717, 1.165) is 29.4 Å². The zero-order chi connectivity index (χ0) is 19.5. The largest absolute Gasteiger partial charge is 0.207 e. The molecule has 144 valence electrons. The van der Waals surface area contributed by atoms with Gasteiger partial charge in [0.15, 0.2) is 0 Å². The van der Waals surface area contributed by atoms with Crippen molar-refractivity contribution in [3.05, 3.63) is 83.4 Å². The molecule has 0 bridgehead atoms. The maximum atomic E-state index is 13.7. The van der Waals surface area contributed by atoms with Crippen LogP contribution in [0, 0.1) is 41.2 Å². The molecular formula is C26H26F2. The molecule has 0 aromatic heterocycles. The lowest BCUT2D eigenvalue weighted by atomic mass is 9.64. The SMILES string of the molecule is C=CC1CCC2CC(c3ccc(C#Cc4ccc(F)cc4F)cc3)CCC2C1. The zero-order valence-corrected chi connectivity index (χ0v) is 16.1. The molecule has 4 rings (SSSR count). The monoisotopic (exact) mass is 376 g/mol. The van der Waals surface area contributed by atoms with Gasteiger partial charge in [0.1, 0.15) is 11.6 Å². The van der Waals surface area contributed by atoms with E-state index in [-0.39, 0.29) is 5.56 Å². The van der Waals surface area contributed by atoms with Gasteiger partial charge in [-0.25, -0.2) is 8.78 Å². The average molecular weight is 376 g/mol. The van der Waals surface area contributed by atoms with Gasteiger partial charge in [-0.2, -0.15) is 0 Å². The molecule has 0 saturated heterocycles. The van der Waals surface area contributed by atoms with E-state index in [1.165, 1.54) is 56.2 Å². The molecular weight excluding hydrogens is 350 g/mol. The zero-order valence-electron chi connectivity index (χ0n) is 16.1. The Balaban J connectivity index is 1.42. The first-order valence-corrected chi connectivity index (χ1v) is 10.3. The van der Waals surface area contributed by atoms with Crippen LogP contribution >= 0.6 is 0 Å². The minimum atomic E-state index is -0.618. The van der Waals surface area contributed by atoms with Crippen LogP contribution in [0.25, 0.3) is 0 Å². The molecule has 0 N–H and O–H groups in total. The van der Waals surface area contributed by atoms with Gasteiger partial charge in [0.2, 0.25) is 0 Å². The summed E-state index contributed by atoms with van der Waals surface area (Å²) in [4.78, 5) is 0. The van der Waals surface area contributed by atoms with Gasteiger partial charge in [0.25, 0.3) is 0 Å². The molecule has 28 heavy (non-hydrogen) atoms. The van der Waals surface area contributed by atoms with Crippen LogP contribution in [0.15, 0.2) is 55.1 Å². The Morgan fingerprint density at radius 2 is 1.61 bits per heavy atom. The molecule has 0 nitrogen and oxygen atoms in total. The fourth-order valence-electron chi connectivity index (χ4n) is 5.01. The van der Waals surface area contributed by atoms with Crippen molar-refractivity contribution in [2.45, 2.75) is 44.4 Å². The van der Waals surface area contributed by atoms with Crippen LogP contribution in [0.3, 0.4) is 0 Å². The second-order valence-corrected chi connectivity index (χ2v) is 8.34. The Morgan fingerprint density at radius 1 is 0.857 bits per heavy atom. The summed E-state index contributed by atoms with van der Waals surface area (Å²) >= 11 is 0. The van der Waals surface area contributed by atoms with Crippen molar-refractivity contribution in [1.82, 2.24) is 0 Å². The fourth-order valence-corrected chi connectivity index (χ4v) is 5.01. The highest BCUT2D eigenvalue weighted by Gasteiger charge is 2.35. The molecule has 0 amide bonds. The number of benzene rings is 2. The highest BCUT2D eigenvalue weighted by atomic mass is 19.1. The van der Waals surface area contributed by atoms with Gasteiger partial charge < -0.3 is 0 Å². The number of allylic oxidation sites excluding steroid dienone is 1. The first-order valence-electron chi connectivity index (χ1n) is 10.3. The lowest BCUT2D eigenvalue weighted by Gasteiger charge is -2.41. The maximum absolute atomic E-state index is 13.7. The molecule has 2 aromatic rings. The number of fused-ring (bicyclic) bond motifs is 1. The highest BCUT2D eigenvalue weighted by Crippen LogP contribution is 2.47. The summed E-state index contributed by atoms with van der Waals surface area (Å²) in [6, 6.07) is 11.9. The molecule has 2 saturated carbocycles. The Labute approximate surface area is 166 Å². The van der Waals surface area contributed by atoms with Gasteiger partial charge in [-0.3, -0.25) is 0 Å². The van der Waals surface area contributed by atoms with Crippen LogP contribution in [0.4, 0.5) is 8.78 Å². The maximum Gasteiger partial charge on any atom is 0.141 e. The molecule has 2 heteroatoms. The van der Waals surface area contributed by atoms with Crippen molar-refractivity contribution in [2.75, 3.05) is 0 Å². The third-order valence-corrected chi connectivity index (χ3v) is 6.64. The molecule has 0 aliphatic heterocycles. The second-order valence-electron chi connectivity index (χ2n) is 8.34. The van der Waals surface area contributed by atoms with Crippen LogP contribution in [0.5, 0.6) is 0 Å². The summed E-state index contributed by atoms with van der Waals surface area (Å²) in [5, 5.41) is 0. The number of rotatable bonds is 2. The number of hydrogen-bond donors (Lipinski definition) is 0. The van der Waals surface area contributed by atoms with E-state index in [1.54, 1.807) is 0 Å². The quantitative estimate of drug-likeness (QED) is 0.397. The van der Waals surface area contributed by atoms with Gasteiger partial charge in [0, 0.05) is 11.6 Å². The second kappa shape index (κ2) is 8.31. The van der Waals surface area contributed by atoms with Crippen LogP contribution in [0.2, 0.25) is 0 Å². The summed E-state index contributed by atoms with van der Waals surface area (Å²) in [5.74, 6) is 7.68. The third-order valence-electron chi connectivity index (χ3n) is 6.64. The van der Waals surface area contributed by atoms with E-state index in [2.05, 4.69) is 36.6 Å². The van der Waals surface area contributed by atoms with Gasteiger partial charge >= 0.3 is 0 Å². The van der Waals surface area contributed by atoms with Gasteiger partial charge in [-0.1, -0.05) is 30.0 Å². The van der Waals surface area contributed by atoms with Crippen LogP contribution in [0.1, 0.15) is 61.1 Å². The van der Waals surface area contributed by atoms with Gasteiger partial charge in [0.05, 0.1) is 5.56 Å². The predicted molar refractivity (Wildman–Crippen MR) is 110 cm³/mol. The van der Waals surface area contributed by atoms with Crippen molar-refractivity contribution in [1.29, 1.82) is 0 Å². The minimum absolute atomic E-state index is 0.221. The molecule has 4 atom stereocenters. The molecule has 2 aromatic carbocycles. The lowest BCUT2D eigenvalue weighted by Crippen LogP contribution is -2.29. The summed E-state index contributed by atoms with van der Waals surface area (Å²) in [7, 11) is 0. The van der Waals surface area contributed by atoms with Crippen molar-refractivity contribution in [3.8, 4) is 11.8 Å². The van der Waals surface area contributed by atoms with E-state index in [0.29, 0.717) is 5.92 Å². The first kappa shape index (κ1) is 18.9. The van der Waals surface area contributed by atoms with Crippen molar-refractivity contribution >= 4 is 0 Å². The smallest absolute Gasteiger partial charge is 0.141 e. The van der Waals surface area contributed by atoms with E-state index in [4.69, 9.17) is 0 Å². The van der Waals surface area contributed by atoms with Crippen LogP contribution in [-0.2, 0) is 0 Å². The van der Waals surface area contributed by atoms with E-state index in [1.807, 2.05) is 12.1 Å². The lowest BCUT2D eigenvalue weighted by molar-refractivity contribution is 0.133. The molecule has 0 radical (unpaired) electrons. The fraction of sp³-hybridized carbons (Fsp3) is 0.385. The van der Waals surface area contributed by atoms with Crippen LogP contribution in [-0.4, -0.2) is 0 Å². The first-order chi connectivity index (χ1) is 13.6. The normalized spacial score (nSPS) is 26.6. The summed E-state index contributed by atoms with van der Waals surface area (Å²) in [6.45, 7) is 3.99. The summed E-state index contributed by atoms with van der Waals surface area (Å²) < 4.78 is 26.7. The van der Waals surface area contributed by atoms with Crippen molar-refractivity contribution in [3.63, 3.8) is 0 Å². The van der Waals surface area contributed by atoms with Gasteiger partial charge in [-0.05, 0) is 92.0 Å². The number of hydrogen-bond acceptors (Lipinski definition) is 0. The molecule has 0 heterocycles. The Hall–Kier alpha value is -2.40. The molecule has 4 unspecified atom stereocenters. The topological polar surface area (TPSA) is 0 Å². The Kier molecular flexibility index (Phi) is 5.62. The summed E-state index contributed by atoms with van der Waals surface area (Å²) in [6.07, 6.45) is 9.99. The predicted octanol–water partition coefficient (Wildman–Crippen LogP) is 6.85. The average Bonchev–Trinajstić information content (AvgIpc) is 2.73. The number of halogens is 2. The molecule has 0 spiro atoms. The Morgan fingerprint density at radius 3 is 2.36 bits per heavy atom. The van der Waals surface area contributed by atoms with Crippen LogP contribution < -0.4 is 0 Å². The van der Waals surface area contributed by atoms with E-state index in [9.17, 15) is 8.78 Å². The summed E-state index contributed by atoms with van der Waals surface area (Å²) in [5.41, 5.74) is 2.47. The van der Waals surface area contributed by atoms with Crippen molar-refractivity contribution < 1.29 is 8.78 Å². The third kappa shape index (κ3) is 4.20. The standard InChI is InChI=1S/C26H26F2/c1-2-18-3-10-24-16-23(12-11-22(24)15-18)20-7-4-19(5-8-20)6-9-21-13-14-25(27)17-26(21)28/h2,4-5,7-8,13-14,17-18,22-24H,1,3,10-12,15-16H2. The highest BCUT2D eigenvalue weighted by molar-refractivity contribution is 5.44. The van der Waals surface area contributed by atoms with E-state index >= 15 is 0 Å². The van der Waals surface area contributed by atoms with Gasteiger partial charge in [-0.15, -0.1) is 6.58 Å².